The molecular weight excluding hydrogens is 300 g/mol. The first-order valence-electron chi connectivity index (χ1n) is 7.62. The number of rotatable bonds is 3. The van der Waals surface area contributed by atoms with Crippen molar-refractivity contribution < 1.29 is 4.42 Å². The summed E-state index contributed by atoms with van der Waals surface area (Å²) in [6.45, 7) is 0. The summed E-state index contributed by atoms with van der Waals surface area (Å²) in [4.78, 5) is 17.6. The van der Waals surface area contributed by atoms with Gasteiger partial charge in [-0.05, 0) is 48.6 Å². The fraction of sp³-hybridized carbons (Fsp3) is 0. The molecule has 4 heteroatoms. The zero-order valence-electron chi connectivity index (χ0n) is 12.8. The highest BCUT2D eigenvalue weighted by molar-refractivity contribution is 5.79. The zero-order chi connectivity index (χ0) is 16.4. The van der Waals surface area contributed by atoms with Crippen LogP contribution in [-0.2, 0) is 0 Å². The fourth-order valence-corrected chi connectivity index (χ4v) is 2.63. The lowest BCUT2D eigenvalue weighted by Gasteiger charge is -2.11. The number of fused-ring (bicyclic) bond motifs is 1. The summed E-state index contributed by atoms with van der Waals surface area (Å²) in [5.41, 5.74) is 1.36. The largest absolute Gasteiger partial charge is 0.465 e. The van der Waals surface area contributed by atoms with Gasteiger partial charge < -0.3 is 4.42 Å². The van der Waals surface area contributed by atoms with Crippen LogP contribution >= 0.6 is 0 Å². The van der Waals surface area contributed by atoms with Crippen molar-refractivity contribution in [3.05, 3.63) is 94.9 Å². The topological polar surface area (TPSA) is 48.0 Å². The monoisotopic (exact) mass is 314 g/mol. The van der Waals surface area contributed by atoms with Crippen LogP contribution in [0, 0.1) is 0 Å². The molecule has 2 aromatic heterocycles. The van der Waals surface area contributed by atoms with E-state index in [1.165, 1.54) is 0 Å². The molecule has 0 saturated heterocycles. The van der Waals surface area contributed by atoms with E-state index in [-0.39, 0.29) is 5.56 Å². The molecule has 4 rings (SSSR count). The smallest absolute Gasteiger partial charge is 0.266 e. The van der Waals surface area contributed by atoms with E-state index in [4.69, 9.17) is 4.42 Å². The lowest BCUT2D eigenvalue weighted by molar-refractivity contribution is 0.557. The van der Waals surface area contributed by atoms with Crippen LogP contribution in [0.15, 0.2) is 82.2 Å². The number of nitrogens with zero attached hydrogens (tertiary/aromatic N) is 2. The summed E-state index contributed by atoms with van der Waals surface area (Å²) < 4.78 is 6.93. The Labute approximate surface area is 138 Å². The number of para-hydroxylation sites is 2. The van der Waals surface area contributed by atoms with Gasteiger partial charge >= 0.3 is 0 Å². The van der Waals surface area contributed by atoms with Gasteiger partial charge in [0.1, 0.15) is 11.6 Å². The molecular formula is C20H14N2O2. The molecule has 116 valence electrons. The summed E-state index contributed by atoms with van der Waals surface area (Å²) in [5, 5.41) is 0.594. The van der Waals surface area contributed by atoms with Crippen molar-refractivity contribution in [3.8, 4) is 5.69 Å². The minimum absolute atomic E-state index is 0.0918. The highest BCUT2D eigenvalue weighted by Gasteiger charge is 2.10. The predicted molar refractivity (Wildman–Crippen MR) is 95.0 cm³/mol. The number of aromatic nitrogens is 2. The van der Waals surface area contributed by atoms with Crippen LogP contribution in [0.4, 0.5) is 0 Å². The number of furan rings is 1. The minimum Gasteiger partial charge on any atom is -0.465 e. The van der Waals surface area contributed by atoms with Gasteiger partial charge in [-0.2, -0.15) is 0 Å². The molecule has 0 saturated carbocycles. The number of hydrogen-bond donors (Lipinski definition) is 0. The first-order valence-corrected chi connectivity index (χ1v) is 7.62. The van der Waals surface area contributed by atoms with E-state index < -0.39 is 0 Å². The second kappa shape index (κ2) is 6.01. The van der Waals surface area contributed by atoms with Gasteiger partial charge in [0.05, 0.1) is 22.9 Å². The normalized spacial score (nSPS) is 11.3. The van der Waals surface area contributed by atoms with Gasteiger partial charge in [0, 0.05) is 0 Å². The average molecular weight is 314 g/mol. The number of benzene rings is 2. The van der Waals surface area contributed by atoms with Crippen LogP contribution in [0.25, 0.3) is 28.7 Å². The van der Waals surface area contributed by atoms with E-state index in [9.17, 15) is 4.79 Å². The molecule has 0 N–H and O–H groups in total. The molecule has 0 unspecified atom stereocenters. The van der Waals surface area contributed by atoms with Gasteiger partial charge in [-0.15, -0.1) is 0 Å². The molecule has 0 radical (unpaired) electrons. The van der Waals surface area contributed by atoms with E-state index in [1.807, 2.05) is 60.7 Å². The van der Waals surface area contributed by atoms with Crippen molar-refractivity contribution in [2.24, 2.45) is 0 Å². The summed E-state index contributed by atoms with van der Waals surface area (Å²) in [5.74, 6) is 1.26. The third-order valence-corrected chi connectivity index (χ3v) is 3.76. The fourth-order valence-electron chi connectivity index (χ4n) is 2.63. The molecule has 2 aromatic carbocycles. The van der Waals surface area contributed by atoms with Gasteiger partial charge in [-0.1, -0.05) is 30.3 Å². The van der Waals surface area contributed by atoms with Crippen LogP contribution in [0.2, 0.25) is 0 Å². The molecule has 0 aliphatic carbocycles. The molecule has 0 spiro atoms. The molecule has 0 fully saturated rings. The van der Waals surface area contributed by atoms with Crippen LogP contribution in [0.3, 0.4) is 0 Å². The molecule has 4 nitrogen and oxygen atoms in total. The quantitative estimate of drug-likeness (QED) is 0.571. The van der Waals surface area contributed by atoms with Crippen molar-refractivity contribution in [1.82, 2.24) is 9.55 Å². The Morgan fingerprint density at radius 1 is 0.875 bits per heavy atom. The van der Waals surface area contributed by atoms with Gasteiger partial charge in [-0.25, -0.2) is 4.98 Å². The average Bonchev–Trinajstić information content (AvgIpc) is 3.14. The van der Waals surface area contributed by atoms with Gasteiger partial charge in [0.2, 0.25) is 0 Å². The third kappa shape index (κ3) is 2.54. The summed E-state index contributed by atoms with van der Waals surface area (Å²) in [7, 11) is 0. The molecule has 4 aromatic rings. The molecule has 24 heavy (non-hydrogen) atoms. The van der Waals surface area contributed by atoms with Crippen molar-refractivity contribution in [3.63, 3.8) is 0 Å². The van der Waals surface area contributed by atoms with E-state index in [0.717, 1.165) is 5.69 Å². The summed E-state index contributed by atoms with van der Waals surface area (Å²) >= 11 is 0. The summed E-state index contributed by atoms with van der Waals surface area (Å²) in [6, 6.07) is 20.5. The van der Waals surface area contributed by atoms with Gasteiger partial charge in [0.25, 0.3) is 5.56 Å². The van der Waals surface area contributed by atoms with E-state index in [2.05, 4.69) is 4.98 Å². The predicted octanol–water partition coefficient (Wildman–Crippen LogP) is 4.15. The van der Waals surface area contributed by atoms with Gasteiger partial charge in [-0.3, -0.25) is 9.36 Å². The lowest BCUT2D eigenvalue weighted by atomic mass is 10.2. The Balaban J connectivity index is 1.98. The molecule has 2 heterocycles. The Bertz CT molecular complexity index is 1060. The maximum absolute atomic E-state index is 13.0. The van der Waals surface area contributed by atoms with E-state index >= 15 is 0 Å². The highest BCUT2D eigenvalue weighted by atomic mass is 16.3. The standard InChI is InChI=1S/C20H14N2O2/c23-20-17-10-4-5-11-18(17)21-19(13-12-16-9-6-14-24-16)22(20)15-7-2-1-3-8-15/h1-14H/b13-12-. The van der Waals surface area contributed by atoms with Crippen molar-refractivity contribution in [2.75, 3.05) is 0 Å². The van der Waals surface area contributed by atoms with Crippen LogP contribution in [0.5, 0.6) is 0 Å². The molecule has 0 amide bonds. The second-order valence-electron chi connectivity index (χ2n) is 5.31. The van der Waals surface area contributed by atoms with Crippen LogP contribution in [0.1, 0.15) is 11.6 Å². The summed E-state index contributed by atoms with van der Waals surface area (Å²) in [6.07, 6.45) is 5.20. The molecule has 0 atom stereocenters. The number of hydrogen-bond acceptors (Lipinski definition) is 3. The van der Waals surface area contributed by atoms with Crippen molar-refractivity contribution >= 4 is 23.1 Å². The van der Waals surface area contributed by atoms with E-state index in [0.29, 0.717) is 22.5 Å². The Morgan fingerprint density at radius 3 is 2.46 bits per heavy atom. The molecule has 0 bridgehead atoms. The minimum atomic E-state index is -0.0918. The Kier molecular flexibility index (Phi) is 3.56. The van der Waals surface area contributed by atoms with Gasteiger partial charge in [0.15, 0.2) is 0 Å². The van der Waals surface area contributed by atoms with Crippen molar-refractivity contribution in [2.45, 2.75) is 0 Å². The van der Waals surface area contributed by atoms with E-state index in [1.54, 1.807) is 29.0 Å². The first-order chi connectivity index (χ1) is 11.8. The second-order valence-corrected chi connectivity index (χ2v) is 5.31. The lowest BCUT2D eigenvalue weighted by Crippen LogP contribution is -2.22. The Hall–Kier alpha value is -3.40. The maximum Gasteiger partial charge on any atom is 0.266 e. The zero-order valence-corrected chi connectivity index (χ0v) is 12.8. The Morgan fingerprint density at radius 2 is 1.67 bits per heavy atom. The first kappa shape index (κ1) is 14.2. The van der Waals surface area contributed by atoms with Crippen LogP contribution in [-0.4, -0.2) is 9.55 Å². The highest BCUT2D eigenvalue weighted by Crippen LogP contribution is 2.15. The maximum atomic E-state index is 13.0. The molecule has 0 aliphatic heterocycles. The SMILES string of the molecule is O=c1c2ccccc2nc(/C=C\c2ccco2)n1-c1ccccc1. The van der Waals surface area contributed by atoms with Crippen LogP contribution < -0.4 is 5.56 Å². The molecule has 0 aliphatic rings. The van der Waals surface area contributed by atoms with Crippen molar-refractivity contribution in [1.29, 1.82) is 0 Å². The third-order valence-electron chi connectivity index (χ3n) is 3.76.